The van der Waals surface area contributed by atoms with E-state index >= 15 is 0 Å². The summed E-state index contributed by atoms with van der Waals surface area (Å²) in [7, 11) is 5.65. The van der Waals surface area contributed by atoms with Gasteiger partial charge in [-0.15, -0.1) is 24.0 Å². The van der Waals surface area contributed by atoms with Crippen molar-refractivity contribution in [3.63, 3.8) is 0 Å². The molecule has 1 atom stereocenters. The van der Waals surface area contributed by atoms with Crippen molar-refractivity contribution in [1.29, 1.82) is 0 Å². The van der Waals surface area contributed by atoms with E-state index in [1.165, 1.54) is 5.56 Å². The molecule has 0 spiro atoms. The standard InChI is InChI=1S/C21H37N5O.HI/c1-17(2)14-23-21(24-15-20(27)25(4)5)22-13-12-18(3)26(6)16-19-10-8-7-9-11-19;/h7-11,17-18H,12-16H2,1-6H3,(H2,22,23,24);1H. The number of carbonyl (C=O) groups is 1. The Hall–Kier alpha value is -1.35. The molecule has 0 bridgehead atoms. The van der Waals surface area contributed by atoms with E-state index in [1.807, 2.05) is 6.07 Å². The summed E-state index contributed by atoms with van der Waals surface area (Å²) in [6, 6.07) is 10.9. The number of likely N-dealkylation sites (N-methyl/N-ethyl adjacent to an activating group) is 1. The molecule has 1 rings (SSSR count). The normalized spacial score (nSPS) is 12.5. The number of nitrogens with zero attached hydrogens (tertiary/aromatic N) is 3. The summed E-state index contributed by atoms with van der Waals surface area (Å²) in [4.78, 5) is 20.1. The molecule has 28 heavy (non-hydrogen) atoms. The highest BCUT2D eigenvalue weighted by molar-refractivity contribution is 14.0. The third-order valence-corrected chi connectivity index (χ3v) is 4.43. The Morgan fingerprint density at radius 3 is 2.29 bits per heavy atom. The van der Waals surface area contributed by atoms with Crippen molar-refractivity contribution in [2.24, 2.45) is 10.9 Å². The Morgan fingerprint density at radius 2 is 1.71 bits per heavy atom. The number of halogens is 1. The molecule has 0 aliphatic rings. The Labute approximate surface area is 188 Å². The summed E-state index contributed by atoms with van der Waals surface area (Å²) in [5.74, 6) is 1.21. The molecule has 0 aliphatic carbocycles. The average molecular weight is 503 g/mol. The molecule has 0 saturated heterocycles. The molecule has 1 aromatic rings. The monoisotopic (exact) mass is 503 g/mol. The number of carbonyl (C=O) groups excluding carboxylic acids is 1. The number of guanidine groups is 1. The largest absolute Gasteiger partial charge is 0.356 e. The van der Waals surface area contributed by atoms with Crippen LogP contribution in [-0.4, -0.2) is 68.5 Å². The number of hydrogen-bond donors (Lipinski definition) is 2. The molecule has 0 fully saturated rings. The first-order valence-electron chi connectivity index (χ1n) is 9.76. The lowest BCUT2D eigenvalue weighted by molar-refractivity contribution is -0.127. The topological polar surface area (TPSA) is 60.0 Å². The quantitative estimate of drug-likeness (QED) is 0.293. The molecule has 6 nitrogen and oxygen atoms in total. The van der Waals surface area contributed by atoms with Gasteiger partial charge in [-0.1, -0.05) is 44.2 Å². The van der Waals surface area contributed by atoms with E-state index in [2.05, 4.69) is 72.6 Å². The molecule has 0 heterocycles. The van der Waals surface area contributed by atoms with Crippen LogP contribution in [0.25, 0.3) is 0 Å². The van der Waals surface area contributed by atoms with E-state index in [9.17, 15) is 4.79 Å². The molecule has 0 radical (unpaired) electrons. The first kappa shape index (κ1) is 26.6. The van der Waals surface area contributed by atoms with Gasteiger partial charge in [0.05, 0.1) is 0 Å². The van der Waals surface area contributed by atoms with Gasteiger partial charge in [0.1, 0.15) is 6.54 Å². The smallest absolute Gasteiger partial charge is 0.243 e. The van der Waals surface area contributed by atoms with Crippen LogP contribution >= 0.6 is 24.0 Å². The predicted molar refractivity (Wildman–Crippen MR) is 129 cm³/mol. The molecule has 1 aromatic carbocycles. The third kappa shape index (κ3) is 11.5. The van der Waals surface area contributed by atoms with Gasteiger partial charge in [-0.3, -0.25) is 9.69 Å². The summed E-state index contributed by atoms with van der Waals surface area (Å²) < 4.78 is 0. The number of aliphatic imine (C=N–C) groups is 1. The van der Waals surface area contributed by atoms with Gasteiger partial charge < -0.3 is 15.5 Å². The molecular formula is C21H38IN5O. The van der Waals surface area contributed by atoms with Crippen molar-refractivity contribution in [3.8, 4) is 0 Å². The fourth-order valence-corrected chi connectivity index (χ4v) is 2.41. The van der Waals surface area contributed by atoms with Crippen LogP contribution in [0.3, 0.4) is 0 Å². The van der Waals surface area contributed by atoms with Gasteiger partial charge in [0.15, 0.2) is 5.96 Å². The van der Waals surface area contributed by atoms with Crippen LogP contribution in [0, 0.1) is 5.92 Å². The second kappa shape index (κ2) is 14.6. The van der Waals surface area contributed by atoms with E-state index in [1.54, 1.807) is 19.0 Å². The highest BCUT2D eigenvalue weighted by Crippen LogP contribution is 2.07. The minimum Gasteiger partial charge on any atom is -0.356 e. The van der Waals surface area contributed by atoms with Gasteiger partial charge in [-0.05, 0) is 31.9 Å². The van der Waals surface area contributed by atoms with E-state index in [0.29, 0.717) is 17.9 Å². The fourth-order valence-electron chi connectivity index (χ4n) is 2.41. The number of hydrogen-bond acceptors (Lipinski definition) is 3. The Bertz CT molecular complexity index is 577. The minimum absolute atomic E-state index is 0. The lowest BCUT2D eigenvalue weighted by atomic mass is 10.1. The zero-order valence-corrected chi connectivity index (χ0v) is 20.6. The van der Waals surface area contributed by atoms with Crippen LogP contribution in [-0.2, 0) is 11.3 Å². The van der Waals surface area contributed by atoms with Gasteiger partial charge in [-0.2, -0.15) is 0 Å². The van der Waals surface area contributed by atoms with E-state index in [-0.39, 0.29) is 36.4 Å². The first-order valence-corrected chi connectivity index (χ1v) is 9.76. The number of amides is 1. The zero-order chi connectivity index (χ0) is 20.2. The number of benzene rings is 1. The first-order chi connectivity index (χ1) is 12.8. The minimum atomic E-state index is -0.00314. The molecule has 7 heteroatoms. The fraction of sp³-hybridized carbons (Fsp3) is 0.619. The van der Waals surface area contributed by atoms with Crippen LogP contribution in [0.2, 0.25) is 0 Å². The molecule has 1 amide bonds. The highest BCUT2D eigenvalue weighted by atomic mass is 127. The van der Waals surface area contributed by atoms with Crippen LogP contribution in [0.15, 0.2) is 35.3 Å². The second-order valence-electron chi connectivity index (χ2n) is 7.69. The van der Waals surface area contributed by atoms with Crippen LogP contribution in [0.5, 0.6) is 0 Å². The average Bonchev–Trinajstić information content (AvgIpc) is 2.63. The number of rotatable bonds is 10. The molecule has 2 N–H and O–H groups in total. The van der Waals surface area contributed by atoms with E-state index in [0.717, 1.165) is 26.1 Å². The maximum atomic E-state index is 11.8. The molecule has 1 unspecified atom stereocenters. The molecular weight excluding hydrogens is 465 g/mol. The van der Waals surface area contributed by atoms with Crippen molar-refractivity contribution < 1.29 is 4.79 Å². The van der Waals surface area contributed by atoms with Crippen molar-refractivity contribution in [2.45, 2.75) is 39.8 Å². The second-order valence-corrected chi connectivity index (χ2v) is 7.69. The van der Waals surface area contributed by atoms with Crippen molar-refractivity contribution in [3.05, 3.63) is 35.9 Å². The predicted octanol–water partition coefficient (Wildman–Crippen LogP) is 2.79. The Balaban J connectivity index is 0.00000729. The van der Waals surface area contributed by atoms with Crippen molar-refractivity contribution >= 4 is 35.8 Å². The molecule has 160 valence electrons. The SMILES string of the molecule is CC(C)CNC(=NCC(=O)N(C)C)NCCC(C)N(C)Cc1ccccc1.I. The van der Waals surface area contributed by atoms with Gasteiger partial charge in [0, 0.05) is 39.8 Å². The van der Waals surface area contributed by atoms with Gasteiger partial charge in [-0.25, -0.2) is 4.99 Å². The number of nitrogens with one attached hydrogen (secondary N) is 2. The Kier molecular flexibility index (Phi) is 13.9. The van der Waals surface area contributed by atoms with E-state index in [4.69, 9.17) is 0 Å². The van der Waals surface area contributed by atoms with Crippen LogP contribution in [0.4, 0.5) is 0 Å². The van der Waals surface area contributed by atoms with Crippen molar-refractivity contribution in [2.75, 3.05) is 40.8 Å². The molecule has 0 aliphatic heterocycles. The lowest BCUT2D eigenvalue weighted by Gasteiger charge is -2.25. The summed E-state index contributed by atoms with van der Waals surface area (Å²) in [6.45, 7) is 9.26. The van der Waals surface area contributed by atoms with Gasteiger partial charge in [0.25, 0.3) is 0 Å². The molecule has 0 saturated carbocycles. The highest BCUT2D eigenvalue weighted by Gasteiger charge is 2.10. The zero-order valence-electron chi connectivity index (χ0n) is 18.2. The Morgan fingerprint density at radius 1 is 1.07 bits per heavy atom. The van der Waals surface area contributed by atoms with Crippen LogP contribution in [0.1, 0.15) is 32.8 Å². The van der Waals surface area contributed by atoms with Crippen molar-refractivity contribution in [1.82, 2.24) is 20.4 Å². The summed E-state index contributed by atoms with van der Waals surface area (Å²) in [6.07, 6.45) is 0.993. The maximum Gasteiger partial charge on any atom is 0.243 e. The lowest BCUT2D eigenvalue weighted by Crippen LogP contribution is -2.42. The summed E-state index contributed by atoms with van der Waals surface area (Å²) >= 11 is 0. The van der Waals surface area contributed by atoms with Gasteiger partial charge in [0.2, 0.25) is 5.91 Å². The van der Waals surface area contributed by atoms with E-state index < -0.39 is 0 Å². The summed E-state index contributed by atoms with van der Waals surface area (Å²) in [5, 5.41) is 6.67. The van der Waals surface area contributed by atoms with Crippen LogP contribution < -0.4 is 10.6 Å². The summed E-state index contributed by atoms with van der Waals surface area (Å²) in [5.41, 5.74) is 1.32. The molecule has 0 aromatic heterocycles. The third-order valence-electron chi connectivity index (χ3n) is 4.43. The maximum absolute atomic E-state index is 11.8. The van der Waals surface area contributed by atoms with Gasteiger partial charge >= 0.3 is 0 Å².